The number of benzene rings is 3. The molecule has 2 heterocycles. The van der Waals surface area contributed by atoms with Crippen molar-refractivity contribution in [2.24, 2.45) is 0 Å². The fraction of sp³-hybridized carbons (Fsp3) is 0.148. The molecule has 0 spiro atoms. The van der Waals surface area contributed by atoms with Gasteiger partial charge >= 0.3 is 0 Å². The number of carbonyl (C=O) groups excluding carboxylic acids is 1. The van der Waals surface area contributed by atoms with Crippen LogP contribution in [0.3, 0.4) is 0 Å². The number of carbonyl (C=O) groups is 1. The van der Waals surface area contributed by atoms with Gasteiger partial charge in [-0.1, -0.05) is 6.07 Å². The molecule has 5 rings (SSSR count). The molecule has 0 aliphatic rings. The van der Waals surface area contributed by atoms with Gasteiger partial charge in [0.05, 0.1) is 23.4 Å². The monoisotopic (exact) mass is 522 g/mol. The average molecular weight is 523 g/mol. The highest BCUT2D eigenvalue weighted by atomic mass is 32.1. The molecule has 5 aromatic rings. The summed E-state index contributed by atoms with van der Waals surface area (Å²) in [6.45, 7) is 3.56. The second-order valence-corrected chi connectivity index (χ2v) is 9.74. The number of fused-ring (bicyclic) bond motifs is 1. The summed E-state index contributed by atoms with van der Waals surface area (Å²) in [7, 11) is 0. The van der Waals surface area contributed by atoms with Gasteiger partial charge in [-0.3, -0.25) is 4.79 Å². The first-order chi connectivity index (χ1) is 17.8. The minimum atomic E-state index is -1.02. The highest BCUT2D eigenvalue weighted by molar-refractivity contribution is 7.13. The molecule has 37 heavy (non-hydrogen) atoms. The van der Waals surface area contributed by atoms with Crippen molar-refractivity contribution in [1.82, 2.24) is 20.1 Å². The molecular formula is C27H21F3N4O2S. The number of aryl methyl sites for hydroxylation is 1. The number of nitrogens with one attached hydrogen (secondary N) is 1. The molecule has 0 fully saturated rings. The number of hydrogen-bond acceptors (Lipinski definition) is 5. The molecular weight excluding hydrogens is 501 g/mol. The Labute approximate surface area is 214 Å². The van der Waals surface area contributed by atoms with Gasteiger partial charge in [-0.25, -0.2) is 22.8 Å². The normalized spacial score (nSPS) is 12.9. The minimum absolute atomic E-state index is 0.294. The van der Waals surface area contributed by atoms with Crippen molar-refractivity contribution in [3.8, 4) is 11.4 Å². The number of ether oxygens (including phenoxy) is 1. The van der Waals surface area contributed by atoms with Gasteiger partial charge in [0.2, 0.25) is 0 Å². The molecule has 0 saturated heterocycles. The topological polar surface area (TPSA) is 69.0 Å². The van der Waals surface area contributed by atoms with Crippen molar-refractivity contribution >= 4 is 28.1 Å². The van der Waals surface area contributed by atoms with Gasteiger partial charge in [-0.15, -0.1) is 11.3 Å². The molecule has 0 aliphatic carbocycles. The average Bonchev–Trinajstić information content (AvgIpc) is 3.51. The first kappa shape index (κ1) is 24.5. The third-order valence-electron chi connectivity index (χ3n) is 5.77. The zero-order valence-corrected chi connectivity index (χ0v) is 20.6. The third kappa shape index (κ3) is 5.19. The number of nitrogens with zero attached hydrogens (tertiary/aromatic N) is 3. The predicted octanol–water partition coefficient (Wildman–Crippen LogP) is 6.15. The molecule has 188 valence electrons. The summed E-state index contributed by atoms with van der Waals surface area (Å²) >= 11 is 1.25. The molecule has 2 atom stereocenters. The summed E-state index contributed by atoms with van der Waals surface area (Å²) in [5.74, 6) is -2.29. The van der Waals surface area contributed by atoms with Crippen molar-refractivity contribution in [1.29, 1.82) is 0 Å². The van der Waals surface area contributed by atoms with Gasteiger partial charge in [-0.2, -0.15) is 5.10 Å². The van der Waals surface area contributed by atoms with E-state index in [0.717, 1.165) is 27.9 Å². The van der Waals surface area contributed by atoms with Crippen LogP contribution in [0.2, 0.25) is 0 Å². The lowest BCUT2D eigenvalue weighted by Gasteiger charge is -2.26. The van der Waals surface area contributed by atoms with Crippen LogP contribution in [0.4, 0.5) is 13.2 Å². The van der Waals surface area contributed by atoms with Gasteiger partial charge in [0, 0.05) is 16.5 Å². The lowest BCUT2D eigenvalue weighted by molar-refractivity contribution is 0.0881. The zero-order chi connectivity index (χ0) is 26.1. The second kappa shape index (κ2) is 10.1. The van der Waals surface area contributed by atoms with Crippen LogP contribution in [0.15, 0.2) is 73.1 Å². The molecule has 1 amide bonds. The van der Waals surface area contributed by atoms with Crippen LogP contribution >= 0.6 is 11.3 Å². The van der Waals surface area contributed by atoms with Crippen LogP contribution in [0, 0.1) is 24.4 Å². The van der Waals surface area contributed by atoms with E-state index in [1.165, 1.54) is 29.5 Å². The molecule has 0 bridgehead atoms. The summed E-state index contributed by atoms with van der Waals surface area (Å²) < 4.78 is 49.0. The first-order valence-electron chi connectivity index (χ1n) is 11.4. The van der Waals surface area contributed by atoms with Crippen molar-refractivity contribution in [3.63, 3.8) is 0 Å². The fourth-order valence-electron chi connectivity index (χ4n) is 3.97. The van der Waals surface area contributed by atoms with E-state index in [1.807, 2.05) is 6.92 Å². The zero-order valence-electron chi connectivity index (χ0n) is 19.8. The Morgan fingerprint density at radius 3 is 2.49 bits per heavy atom. The number of thiazole rings is 1. The van der Waals surface area contributed by atoms with Crippen molar-refractivity contribution in [3.05, 3.63) is 106 Å². The lowest BCUT2D eigenvalue weighted by Crippen LogP contribution is -2.39. The largest absolute Gasteiger partial charge is 0.484 e. The molecule has 0 aliphatic heterocycles. The lowest BCUT2D eigenvalue weighted by atomic mass is 10.0. The number of hydrogen-bond donors (Lipinski definition) is 1. The smallest absolute Gasteiger partial charge is 0.280 e. The number of halogens is 3. The number of rotatable bonds is 7. The van der Waals surface area contributed by atoms with Crippen molar-refractivity contribution < 1.29 is 22.7 Å². The van der Waals surface area contributed by atoms with Crippen molar-refractivity contribution in [2.45, 2.75) is 26.0 Å². The van der Waals surface area contributed by atoms with Crippen LogP contribution in [0.25, 0.3) is 16.6 Å². The number of amides is 1. The second-order valence-electron chi connectivity index (χ2n) is 8.50. The SMILES string of the molecule is Cc1cnc(C(=O)NC(C)C(Oc2ccc3c(cnn3-c3ccc(F)cc3)c2)c2ccc(F)c(F)c2)s1. The van der Waals surface area contributed by atoms with Gasteiger partial charge in [0.15, 0.2) is 16.6 Å². The van der Waals surface area contributed by atoms with E-state index in [0.29, 0.717) is 22.0 Å². The highest BCUT2D eigenvalue weighted by Gasteiger charge is 2.26. The van der Waals surface area contributed by atoms with Crippen LogP contribution in [-0.2, 0) is 0 Å². The molecule has 0 radical (unpaired) electrons. The van der Waals surface area contributed by atoms with Gasteiger partial charge in [0.25, 0.3) is 5.91 Å². The van der Waals surface area contributed by atoms with Gasteiger partial charge in [-0.05, 0) is 74.0 Å². The van der Waals surface area contributed by atoms with Crippen LogP contribution in [0.5, 0.6) is 5.75 Å². The Balaban J connectivity index is 1.44. The van der Waals surface area contributed by atoms with E-state index in [2.05, 4.69) is 15.4 Å². The first-order valence-corrected chi connectivity index (χ1v) is 12.2. The minimum Gasteiger partial charge on any atom is -0.484 e. The fourth-order valence-corrected chi connectivity index (χ4v) is 4.64. The Kier molecular flexibility index (Phi) is 6.66. The Bertz CT molecular complexity index is 1580. The molecule has 2 unspecified atom stereocenters. The summed E-state index contributed by atoms with van der Waals surface area (Å²) in [6, 6.07) is 14.1. The summed E-state index contributed by atoms with van der Waals surface area (Å²) in [6.07, 6.45) is 2.41. The Hall–Kier alpha value is -4.18. The van der Waals surface area contributed by atoms with E-state index in [9.17, 15) is 18.0 Å². The molecule has 0 saturated carbocycles. The molecule has 10 heteroatoms. The van der Waals surface area contributed by atoms with E-state index >= 15 is 0 Å². The van der Waals surface area contributed by atoms with Crippen LogP contribution in [0.1, 0.15) is 33.3 Å². The standard InChI is InChI=1S/C27H21F3N4O2S/c1-15-13-31-27(37-15)26(35)33-16(2)25(17-3-9-22(29)23(30)12-17)36-21-8-10-24-18(11-21)14-32-34(24)20-6-4-19(28)5-7-20/h3-14,16,25H,1-2H3,(H,33,35). The molecule has 3 aromatic carbocycles. The summed E-state index contributed by atoms with van der Waals surface area (Å²) in [5.41, 5.74) is 1.81. The predicted molar refractivity (Wildman–Crippen MR) is 135 cm³/mol. The maximum atomic E-state index is 14.1. The van der Waals surface area contributed by atoms with E-state index in [4.69, 9.17) is 4.74 Å². The van der Waals surface area contributed by atoms with E-state index < -0.39 is 29.7 Å². The Morgan fingerprint density at radius 2 is 1.78 bits per heavy atom. The summed E-state index contributed by atoms with van der Waals surface area (Å²) in [4.78, 5) is 17.7. The molecule has 1 N–H and O–H groups in total. The van der Waals surface area contributed by atoms with Gasteiger partial charge < -0.3 is 10.1 Å². The highest BCUT2D eigenvalue weighted by Crippen LogP contribution is 2.30. The Morgan fingerprint density at radius 1 is 1.00 bits per heavy atom. The quantitative estimate of drug-likeness (QED) is 0.279. The maximum Gasteiger partial charge on any atom is 0.280 e. The van der Waals surface area contributed by atoms with Crippen LogP contribution in [-0.4, -0.2) is 26.7 Å². The molecule has 2 aromatic heterocycles. The maximum absolute atomic E-state index is 14.1. The van der Waals surface area contributed by atoms with Crippen LogP contribution < -0.4 is 10.1 Å². The van der Waals surface area contributed by atoms with E-state index in [1.54, 1.807) is 54.3 Å². The molecule has 6 nitrogen and oxygen atoms in total. The number of aromatic nitrogens is 3. The summed E-state index contributed by atoms with van der Waals surface area (Å²) in [5, 5.41) is 8.29. The third-order valence-corrected chi connectivity index (χ3v) is 6.69. The van der Waals surface area contributed by atoms with Gasteiger partial charge in [0.1, 0.15) is 17.7 Å². The van der Waals surface area contributed by atoms with E-state index in [-0.39, 0.29) is 5.82 Å². The van der Waals surface area contributed by atoms with Crippen molar-refractivity contribution in [2.75, 3.05) is 0 Å².